The summed E-state index contributed by atoms with van der Waals surface area (Å²) in [4.78, 5) is 12.7. The maximum atomic E-state index is 6.20. The van der Waals surface area contributed by atoms with Crippen molar-refractivity contribution in [2.45, 2.75) is 38.2 Å². The molecule has 6 nitrogen and oxygen atoms in total. The molecule has 1 aliphatic rings. The third kappa shape index (κ3) is 3.33. The molecular formula is C19H20N4O2. The van der Waals surface area contributed by atoms with Gasteiger partial charge >= 0.3 is 0 Å². The number of anilines is 1. The van der Waals surface area contributed by atoms with E-state index in [-0.39, 0.29) is 6.10 Å². The molecule has 1 fully saturated rings. The Hall–Kier alpha value is -2.89. The Morgan fingerprint density at radius 2 is 1.72 bits per heavy atom. The van der Waals surface area contributed by atoms with Crippen LogP contribution in [0, 0.1) is 0 Å². The van der Waals surface area contributed by atoms with Crippen LogP contribution in [0.4, 0.5) is 5.69 Å². The molecule has 1 aliphatic carbocycles. The molecule has 0 saturated heterocycles. The SMILES string of the molecule is Nc1c(Oc2cccc3cccnc23)ncnc1OC1CCCCC1. The largest absolute Gasteiger partial charge is 0.473 e. The monoisotopic (exact) mass is 336 g/mol. The van der Waals surface area contributed by atoms with Gasteiger partial charge in [0, 0.05) is 11.6 Å². The topological polar surface area (TPSA) is 83.2 Å². The van der Waals surface area contributed by atoms with Crippen LogP contribution < -0.4 is 15.2 Å². The summed E-state index contributed by atoms with van der Waals surface area (Å²) < 4.78 is 11.9. The lowest BCUT2D eigenvalue weighted by Gasteiger charge is -2.23. The van der Waals surface area contributed by atoms with Gasteiger partial charge in [0.2, 0.25) is 11.8 Å². The molecule has 25 heavy (non-hydrogen) atoms. The fourth-order valence-electron chi connectivity index (χ4n) is 3.14. The highest BCUT2D eigenvalue weighted by Crippen LogP contribution is 2.34. The molecule has 3 aromatic rings. The van der Waals surface area contributed by atoms with Crippen LogP contribution >= 0.6 is 0 Å². The highest BCUT2D eigenvalue weighted by atomic mass is 16.5. The summed E-state index contributed by atoms with van der Waals surface area (Å²) >= 11 is 0. The lowest BCUT2D eigenvalue weighted by Crippen LogP contribution is -2.21. The summed E-state index contributed by atoms with van der Waals surface area (Å²) in [6.45, 7) is 0. The summed E-state index contributed by atoms with van der Waals surface area (Å²) in [5.74, 6) is 1.29. The van der Waals surface area contributed by atoms with Crippen molar-refractivity contribution in [1.82, 2.24) is 15.0 Å². The number of nitrogens with two attached hydrogens (primary N) is 1. The summed E-state index contributed by atoms with van der Waals surface area (Å²) in [6, 6.07) is 9.61. The first-order chi connectivity index (χ1) is 12.3. The van der Waals surface area contributed by atoms with Crippen molar-refractivity contribution >= 4 is 16.6 Å². The van der Waals surface area contributed by atoms with E-state index in [2.05, 4.69) is 15.0 Å². The van der Waals surface area contributed by atoms with Crippen molar-refractivity contribution in [2.24, 2.45) is 0 Å². The van der Waals surface area contributed by atoms with Gasteiger partial charge < -0.3 is 15.2 Å². The number of pyridine rings is 1. The maximum absolute atomic E-state index is 6.20. The Morgan fingerprint density at radius 3 is 2.60 bits per heavy atom. The van der Waals surface area contributed by atoms with Gasteiger partial charge in [-0.3, -0.25) is 4.98 Å². The fourth-order valence-corrected chi connectivity index (χ4v) is 3.14. The molecule has 6 heteroatoms. The first kappa shape index (κ1) is 15.6. The predicted molar refractivity (Wildman–Crippen MR) is 95.8 cm³/mol. The van der Waals surface area contributed by atoms with Crippen LogP contribution in [-0.2, 0) is 0 Å². The van der Waals surface area contributed by atoms with Gasteiger partial charge in [0.15, 0.2) is 11.4 Å². The molecule has 0 spiro atoms. The van der Waals surface area contributed by atoms with Crippen LogP contribution in [0.5, 0.6) is 17.5 Å². The molecule has 2 aromatic heterocycles. The van der Waals surface area contributed by atoms with Gasteiger partial charge in [-0.1, -0.05) is 24.6 Å². The molecule has 0 radical (unpaired) electrons. The normalized spacial score (nSPS) is 15.2. The molecular weight excluding hydrogens is 316 g/mol. The van der Waals surface area contributed by atoms with E-state index in [0.717, 1.165) is 23.7 Å². The zero-order valence-electron chi connectivity index (χ0n) is 13.9. The van der Waals surface area contributed by atoms with E-state index in [1.807, 2.05) is 30.3 Å². The second-order valence-corrected chi connectivity index (χ2v) is 6.21. The quantitative estimate of drug-likeness (QED) is 0.772. The smallest absolute Gasteiger partial charge is 0.249 e. The Bertz CT molecular complexity index is 873. The van der Waals surface area contributed by atoms with Crippen molar-refractivity contribution in [3.8, 4) is 17.5 Å². The van der Waals surface area contributed by atoms with E-state index in [1.54, 1.807) is 6.20 Å². The number of hydrogen-bond donors (Lipinski definition) is 1. The minimum atomic E-state index is 0.165. The number of para-hydroxylation sites is 1. The van der Waals surface area contributed by atoms with Crippen molar-refractivity contribution in [3.63, 3.8) is 0 Å². The minimum Gasteiger partial charge on any atom is -0.473 e. The molecule has 128 valence electrons. The minimum absolute atomic E-state index is 0.165. The molecule has 0 bridgehead atoms. The van der Waals surface area contributed by atoms with Crippen LogP contribution in [0.1, 0.15) is 32.1 Å². The van der Waals surface area contributed by atoms with E-state index in [9.17, 15) is 0 Å². The van der Waals surface area contributed by atoms with E-state index < -0.39 is 0 Å². The summed E-state index contributed by atoms with van der Waals surface area (Å²) in [6.07, 6.45) is 9.01. The number of nitrogen functional groups attached to an aromatic ring is 1. The van der Waals surface area contributed by atoms with Crippen LogP contribution in [0.25, 0.3) is 10.9 Å². The first-order valence-electron chi connectivity index (χ1n) is 8.60. The predicted octanol–water partition coefficient (Wildman–Crippen LogP) is 4.11. The summed E-state index contributed by atoms with van der Waals surface area (Å²) in [5, 5.41) is 0.992. The average molecular weight is 336 g/mol. The Balaban J connectivity index is 1.61. The molecule has 0 unspecified atom stereocenters. The average Bonchev–Trinajstić information content (AvgIpc) is 2.66. The Morgan fingerprint density at radius 1 is 0.920 bits per heavy atom. The Labute approximate surface area is 146 Å². The standard InChI is InChI=1S/C19H20N4O2/c20-16-18(24-14-8-2-1-3-9-14)22-12-23-19(16)25-15-10-4-6-13-7-5-11-21-17(13)15/h4-7,10-12,14H,1-3,8-9,20H2. The fraction of sp³-hybridized carbons (Fsp3) is 0.316. The molecule has 1 saturated carbocycles. The third-order valence-corrected chi connectivity index (χ3v) is 4.44. The Kier molecular flexibility index (Phi) is 4.33. The van der Waals surface area contributed by atoms with Crippen molar-refractivity contribution in [3.05, 3.63) is 42.9 Å². The number of fused-ring (bicyclic) bond motifs is 1. The lowest BCUT2D eigenvalue weighted by molar-refractivity contribution is 0.149. The summed E-state index contributed by atoms with van der Waals surface area (Å²) in [5.41, 5.74) is 7.28. The van der Waals surface area contributed by atoms with Gasteiger partial charge in [-0.15, -0.1) is 0 Å². The number of benzene rings is 1. The van der Waals surface area contributed by atoms with Crippen molar-refractivity contribution in [1.29, 1.82) is 0 Å². The molecule has 0 aliphatic heterocycles. The molecule has 2 heterocycles. The number of hydrogen-bond acceptors (Lipinski definition) is 6. The summed E-state index contributed by atoms with van der Waals surface area (Å²) in [7, 11) is 0. The van der Waals surface area contributed by atoms with Crippen molar-refractivity contribution in [2.75, 3.05) is 5.73 Å². The number of ether oxygens (including phenoxy) is 2. The first-order valence-corrected chi connectivity index (χ1v) is 8.60. The second kappa shape index (κ2) is 6.93. The van der Waals surface area contributed by atoms with E-state index in [1.165, 1.54) is 25.6 Å². The zero-order chi connectivity index (χ0) is 17.1. The van der Waals surface area contributed by atoms with Gasteiger partial charge in [-0.25, -0.2) is 0 Å². The van der Waals surface area contributed by atoms with E-state index >= 15 is 0 Å². The van der Waals surface area contributed by atoms with Gasteiger partial charge in [0.25, 0.3) is 0 Å². The number of aromatic nitrogens is 3. The van der Waals surface area contributed by atoms with E-state index in [0.29, 0.717) is 23.2 Å². The number of nitrogens with zero attached hydrogens (tertiary/aromatic N) is 3. The van der Waals surface area contributed by atoms with Gasteiger partial charge in [-0.05, 0) is 37.8 Å². The number of rotatable bonds is 4. The van der Waals surface area contributed by atoms with Gasteiger partial charge in [-0.2, -0.15) is 9.97 Å². The molecule has 0 amide bonds. The van der Waals surface area contributed by atoms with Crippen LogP contribution in [-0.4, -0.2) is 21.1 Å². The lowest BCUT2D eigenvalue weighted by atomic mass is 9.98. The highest BCUT2D eigenvalue weighted by Gasteiger charge is 2.19. The zero-order valence-corrected chi connectivity index (χ0v) is 13.9. The molecule has 1 aromatic carbocycles. The third-order valence-electron chi connectivity index (χ3n) is 4.44. The van der Waals surface area contributed by atoms with Crippen LogP contribution in [0.2, 0.25) is 0 Å². The van der Waals surface area contributed by atoms with Gasteiger partial charge in [0.1, 0.15) is 17.9 Å². The molecule has 4 rings (SSSR count). The second-order valence-electron chi connectivity index (χ2n) is 6.21. The molecule has 2 N–H and O–H groups in total. The van der Waals surface area contributed by atoms with Crippen LogP contribution in [0.3, 0.4) is 0 Å². The van der Waals surface area contributed by atoms with Crippen molar-refractivity contribution < 1.29 is 9.47 Å². The highest BCUT2D eigenvalue weighted by molar-refractivity contribution is 5.84. The maximum Gasteiger partial charge on any atom is 0.249 e. The van der Waals surface area contributed by atoms with E-state index in [4.69, 9.17) is 15.2 Å². The molecule has 0 atom stereocenters. The van der Waals surface area contributed by atoms with Gasteiger partial charge in [0.05, 0.1) is 0 Å². The van der Waals surface area contributed by atoms with Crippen LogP contribution in [0.15, 0.2) is 42.9 Å².